The number of nitrogens with one attached hydrogen (secondary N) is 1. The van der Waals surface area contributed by atoms with Crippen molar-refractivity contribution in [1.29, 1.82) is 0 Å². The Morgan fingerprint density at radius 1 is 1.27 bits per heavy atom. The Morgan fingerprint density at radius 3 is 2.67 bits per heavy atom. The van der Waals surface area contributed by atoms with Gasteiger partial charge in [-0.1, -0.05) is 30.3 Å². The molecule has 2 aliphatic heterocycles. The molecule has 2 aliphatic rings. The lowest BCUT2D eigenvalue weighted by atomic mass is 9.92. The number of hydrazine groups is 1. The van der Waals surface area contributed by atoms with Crippen LogP contribution in [0.2, 0.25) is 0 Å². The molecule has 0 radical (unpaired) electrons. The summed E-state index contributed by atoms with van der Waals surface area (Å²) in [6.07, 6.45) is 0.0695. The van der Waals surface area contributed by atoms with Crippen molar-refractivity contribution in [2.24, 2.45) is 10.7 Å². The summed E-state index contributed by atoms with van der Waals surface area (Å²) in [6.45, 7) is 3.87. The van der Waals surface area contributed by atoms with Crippen molar-refractivity contribution in [2.75, 3.05) is 26.9 Å². The molecule has 8 nitrogen and oxygen atoms in total. The maximum Gasteiger partial charge on any atom is 0.252 e. The molecule has 40 heavy (non-hydrogen) atoms. The van der Waals surface area contributed by atoms with E-state index in [1.807, 2.05) is 44.2 Å². The van der Waals surface area contributed by atoms with Crippen molar-refractivity contribution >= 4 is 11.7 Å². The second-order valence-electron chi connectivity index (χ2n) is 10.7. The van der Waals surface area contributed by atoms with Crippen LogP contribution in [0.3, 0.4) is 0 Å². The minimum atomic E-state index is -0.977. The Labute approximate surface area is 233 Å². The number of carbonyl (C=O) groups excluding carboxylic acids is 1. The number of halogens is 3. The van der Waals surface area contributed by atoms with Gasteiger partial charge in [-0.15, -0.1) is 0 Å². The molecule has 218 valence electrons. The SMILES string of the molecule is COC(C)(C)C(C1N=C(c2cc(F)ccc2F)NN1Cc1ccccc1)N(CCC(N)CF)C(=O)C1CCCO1. The van der Waals surface area contributed by atoms with Crippen LogP contribution in [-0.4, -0.2) is 78.5 Å². The highest BCUT2D eigenvalue weighted by Gasteiger charge is 2.48. The first-order valence-corrected chi connectivity index (χ1v) is 13.5. The average Bonchev–Trinajstić information content (AvgIpc) is 3.63. The van der Waals surface area contributed by atoms with Gasteiger partial charge in [-0.2, -0.15) is 5.01 Å². The highest BCUT2D eigenvalue weighted by molar-refractivity contribution is 5.99. The van der Waals surface area contributed by atoms with E-state index in [0.717, 1.165) is 30.2 Å². The molecule has 1 saturated heterocycles. The molecule has 2 heterocycles. The number of aliphatic imine (C=N–C) groups is 1. The Kier molecular flexibility index (Phi) is 9.83. The highest BCUT2D eigenvalue weighted by atomic mass is 19.1. The van der Waals surface area contributed by atoms with Crippen LogP contribution < -0.4 is 11.2 Å². The van der Waals surface area contributed by atoms with Gasteiger partial charge in [0.2, 0.25) is 0 Å². The predicted molar refractivity (Wildman–Crippen MR) is 146 cm³/mol. The fraction of sp³-hybridized carbons (Fsp3) is 0.517. The molecule has 1 amide bonds. The molecule has 2 aromatic carbocycles. The van der Waals surface area contributed by atoms with Crippen LogP contribution in [0.4, 0.5) is 13.2 Å². The molecule has 4 unspecified atom stereocenters. The Hall–Kier alpha value is -2.99. The van der Waals surface area contributed by atoms with E-state index in [0.29, 0.717) is 19.6 Å². The van der Waals surface area contributed by atoms with E-state index < -0.39 is 48.3 Å². The van der Waals surface area contributed by atoms with Crippen LogP contribution in [0.5, 0.6) is 0 Å². The lowest BCUT2D eigenvalue weighted by Gasteiger charge is -2.46. The van der Waals surface area contributed by atoms with Crippen LogP contribution in [0.1, 0.15) is 44.2 Å². The number of hydrogen-bond donors (Lipinski definition) is 2. The van der Waals surface area contributed by atoms with Crippen LogP contribution in [0, 0.1) is 11.6 Å². The lowest BCUT2D eigenvalue weighted by Crippen LogP contribution is -2.64. The Balaban J connectivity index is 1.80. The van der Waals surface area contributed by atoms with Crippen LogP contribution in [0.15, 0.2) is 53.5 Å². The standard InChI is InChI=1S/C29H38F3N5O3/c1-29(2,39-3)25(36(14-13-21(33)17-30)28(38)24-10-7-15-40-24)27-34-26(22-16-20(31)11-12-23(22)32)35-37(27)18-19-8-5-4-6-9-19/h4-6,8-9,11-12,16,21,24-25,27H,7,10,13-15,17-18,33H2,1-3H3,(H,34,35). The van der Waals surface area contributed by atoms with Gasteiger partial charge in [0.1, 0.15) is 36.4 Å². The highest BCUT2D eigenvalue weighted by Crippen LogP contribution is 2.32. The minimum Gasteiger partial charge on any atom is -0.377 e. The van der Waals surface area contributed by atoms with Crippen LogP contribution in [0.25, 0.3) is 0 Å². The first kappa shape index (κ1) is 30.0. The molecule has 3 N–H and O–H groups in total. The maximum absolute atomic E-state index is 14.9. The van der Waals surface area contributed by atoms with Crippen molar-refractivity contribution in [1.82, 2.24) is 15.3 Å². The number of amidine groups is 1. The van der Waals surface area contributed by atoms with Gasteiger partial charge in [0.25, 0.3) is 5.91 Å². The molecule has 0 spiro atoms. The van der Waals surface area contributed by atoms with E-state index in [2.05, 4.69) is 5.43 Å². The number of benzene rings is 2. The van der Waals surface area contributed by atoms with Gasteiger partial charge in [0.05, 0.1) is 17.2 Å². The summed E-state index contributed by atoms with van der Waals surface area (Å²) in [4.78, 5) is 20.4. The normalized spacial score (nSPS) is 21.1. The Morgan fingerprint density at radius 2 is 2.02 bits per heavy atom. The summed E-state index contributed by atoms with van der Waals surface area (Å²) in [5, 5.41) is 1.78. The number of nitrogens with zero attached hydrogens (tertiary/aromatic N) is 3. The quantitative estimate of drug-likeness (QED) is 0.412. The molecule has 4 rings (SSSR count). The fourth-order valence-corrected chi connectivity index (χ4v) is 5.14. The van der Waals surface area contributed by atoms with Crippen molar-refractivity contribution < 1.29 is 27.4 Å². The second kappa shape index (κ2) is 13.1. The van der Waals surface area contributed by atoms with E-state index >= 15 is 0 Å². The van der Waals surface area contributed by atoms with Crippen molar-refractivity contribution in [3.05, 3.63) is 71.3 Å². The number of ether oxygens (including phenoxy) is 2. The number of amides is 1. The van der Waals surface area contributed by atoms with Crippen LogP contribution >= 0.6 is 0 Å². The smallest absolute Gasteiger partial charge is 0.252 e. The predicted octanol–water partition coefficient (Wildman–Crippen LogP) is 3.55. The maximum atomic E-state index is 14.9. The Bertz CT molecular complexity index is 1180. The lowest BCUT2D eigenvalue weighted by molar-refractivity contribution is -0.155. The summed E-state index contributed by atoms with van der Waals surface area (Å²) in [7, 11) is 1.54. The van der Waals surface area contributed by atoms with Crippen LogP contribution in [-0.2, 0) is 20.8 Å². The zero-order valence-corrected chi connectivity index (χ0v) is 23.2. The number of methoxy groups -OCH3 is 1. The van der Waals surface area contributed by atoms with E-state index in [4.69, 9.17) is 20.2 Å². The summed E-state index contributed by atoms with van der Waals surface area (Å²) < 4.78 is 54.1. The number of hydrogen-bond acceptors (Lipinski definition) is 7. The van der Waals surface area contributed by atoms with Gasteiger partial charge in [-0.3, -0.25) is 4.79 Å². The van der Waals surface area contributed by atoms with Gasteiger partial charge in [0.15, 0.2) is 0 Å². The monoisotopic (exact) mass is 561 g/mol. The second-order valence-corrected chi connectivity index (χ2v) is 10.7. The molecule has 11 heteroatoms. The zero-order valence-electron chi connectivity index (χ0n) is 23.2. The first-order chi connectivity index (χ1) is 19.1. The zero-order chi connectivity index (χ0) is 28.9. The number of carbonyl (C=O) groups is 1. The summed E-state index contributed by atoms with van der Waals surface area (Å²) >= 11 is 0. The summed E-state index contributed by atoms with van der Waals surface area (Å²) in [5.41, 5.74) is 9.00. The molecule has 4 atom stereocenters. The van der Waals surface area contributed by atoms with Gasteiger partial charge in [-0.25, -0.2) is 18.2 Å². The molecule has 0 aromatic heterocycles. The summed E-state index contributed by atoms with van der Waals surface area (Å²) in [5.74, 6) is -1.39. The third-order valence-electron chi connectivity index (χ3n) is 7.49. The fourth-order valence-electron chi connectivity index (χ4n) is 5.14. The van der Waals surface area contributed by atoms with E-state index in [-0.39, 0.29) is 30.3 Å². The topological polar surface area (TPSA) is 92.4 Å². The van der Waals surface area contributed by atoms with E-state index in [1.165, 1.54) is 7.11 Å². The van der Waals surface area contributed by atoms with Gasteiger partial charge >= 0.3 is 0 Å². The molecule has 0 aliphatic carbocycles. The first-order valence-electron chi connectivity index (χ1n) is 13.5. The largest absolute Gasteiger partial charge is 0.377 e. The third kappa shape index (κ3) is 6.83. The summed E-state index contributed by atoms with van der Waals surface area (Å²) in [6, 6.07) is 11.2. The van der Waals surface area contributed by atoms with Crippen molar-refractivity contribution in [2.45, 2.75) is 69.6 Å². The molecule has 2 aromatic rings. The molecular formula is C29H38F3N5O3. The van der Waals surface area contributed by atoms with E-state index in [1.54, 1.807) is 9.91 Å². The molecule has 0 saturated carbocycles. The van der Waals surface area contributed by atoms with Gasteiger partial charge < -0.3 is 25.5 Å². The molecule has 0 bridgehead atoms. The third-order valence-corrected chi connectivity index (χ3v) is 7.49. The molecule has 1 fully saturated rings. The number of rotatable bonds is 12. The number of alkyl halides is 1. The van der Waals surface area contributed by atoms with Gasteiger partial charge in [-0.05, 0) is 56.9 Å². The van der Waals surface area contributed by atoms with Gasteiger partial charge in [0, 0.05) is 32.8 Å². The van der Waals surface area contributed by atoms with Crippen molar-refractivity contribution in [3.8, 4) is 0 Å². The average molecular weight is 562 g/mol. The molecular weight excluding hydrogens is 523 g/mol. The minimum absolute atomic E-state index is 0.0361. The number of nitrogens with two attached hydrogens (primary N) is 1. The van der Waals surface area contributed by atoms with E-state index in [9.17, 15) is 18.0 Å². The van der Waals surface area contributed by atoms with Crippen molar-refractivity contribution in [3.63, 3.8) is 0 Å².